The molecule has 1 unspecified atom stereocenters. The van der Waals surface area contributed by atoms with Gasteiger partial charge in [0, 0.05) is 16.8 Å². The Labute approximate surface area is 156 Å². The van der Waals surface area contributed by atoms with Crippen LogP contribution in [0.25, 0.3) is 21.9 Å². The fraction of sp³-hybridized carbons (Fsp3) is 0.190. The predicted molar refractivity (Wildman–Crippen MR) is 104 cm³/mol. The van der Waals surface area contributed by atoms with Gasteiger partial charge in [-0.3, -0.25) is 4.79 Å². The first kappa shape index (κ1) is 17.0. The molecule has 1 atom stereocenters. The molecule has 2 heterocycles. The van der Waals surface area contributed by atoms with Gasteiger partial charge in [0.25, 0.3) is 0 Å². The number of methoxy groups -OCH3 is 1. The summed E-state index contributed by atoms with van der Waals surface area (Å²) in [7, 11) is 1.60. The standard InChI is InChI=1S/C21H20N2O4/c1-13(17-8-5-9-26-17)23-21(24)12-22-16-11-19-15(10-20(16)25-2)14-6-3-4-7-18(14)27-19/h3-11,13,22H,12H2,1-2H3,(H,23,24). The number of benzene rings is 2. The van der Waals surface area contributed by atoms with E-state index in [1.54, 1.807) is 19.4 Å². The van der Waals surface area contributed by atoms with Crippen LogP contribution in [0.5, 0.6) is 5.75 Å². The molecule has 6 heteroatoms. The first-order chi connectivity index (χ1) is 13.2. The molecule has 0 saturated heterocycles. The van der Waals surface area contributed by atoms with Gasteiger partial charge in [-0.25, -0.2) is 0 Å². The average molecular weight is 364 g/mol. The highest BCUT2D eigenvalue weighted by Gasteiger charge is 2.15. The number of amides is 1. The van der Waals surface area contributed by atoms with Crippen LogP contribution in [0.1, 0.15) is 18.7 Å². The molecule has 0 aliphatic carbocycles. The van der Waals surface area contributed by atoms with E-state index in [1.165, 1.54) is 0 Å². The Hall–Kier alpha value is -3.41. The van der Waals surface area contributed by atoms with Crippen LogP contribution < -0.4 is 15.4 Å². The van der Waals surface area contributed by atoms with Gasteiger partial charge in [0.05, 0.1) is 31.6 Å². The van der Waals surface area contributed by atoms with Crippen molar-refractivity contribution < 1.29 is 18.4 Å². The summed E-state index contributed by atoms with van der Waals surface area (Å²) in [6.45, 7) is 1.98. The number of para-hydroxylation sites is 1. The fourth-order valence-electron chi connectivity index (χ4n) is 3.14. The van der Waals surface area contributed by atoms with E-state index in [9.17, 15) is 4.79 Å². The summed E-state index contributed by atoms with van der Waals surface area (Å²) in [4.78, 5) is 12.2. The SMILES string of the molecule is COc1cc2c(cc1NCC(=O)NC(C)c1ccco1)oc1ccccc12. The summed E-state index contributed by atoms with van der Waals surface area (Å²) in [5.41, 5.74) is 2.26. The number of anilines is 1. The van der Waals surface area contributed by atoms with Gasteiger partial charge in [-0.05, 0) is 31.2 Å². The van der Waals surface area contributed by atoms with E-state index in [1.807, 2.05) is 49.4 Å². The van der Waals surface area contributed by atoms with Crippen LogP contribution in [-0.2, 0) is 4.79 Å². The lowest BCUT2D eigenvalue weighted by molar-refractivity contribution is -0.120. The Bertz CT molecular complexity index is 1080. The van der Waals surface area contributed by atoms with Crippen LogP contribution in [-0.4, -0.2) is 19.6 Å². The lowest BCUT2D eigenvalue weighted by Crippen LogP contribution is -2.31. The van der Waals surface area contributed by atoms with Crippen LogP contribution in [0.2, 0.25) is 0 Å². The molecule has 6 nitrogen and oxygen atoms in total. The quantitative estimate of drug-likeness (QED) is 0.528. The Balaban J connectivity index is 1.52. The summed E-state index contributed by atoms with van der Waals surface area (Å²) in [6, 6.07) is 15.1. The summed E-state index contributed by atoms with van der Waals surface area (Å²) in [6.07, 6.45) is 1.59. The van der Waals surface area contributed by atoms with E-state index >= 15 is 0 Å². The van der Waals surface area contributed by atoms with Crippen LogP contribution in [0.4, 0.5) is 5.69 Å². The molecule has 0 fully saturated rings. The van der Waals surface area contributed by atoms with Crippen molar-refractivity contribution in [2.75, 3.05) is 19.0 Å². The molecule has 0 aliphatic rings. The van der Waals surface area contributed by atoms with Gasteiger partial charge in [-0.1, -0.05) is 18.2 Å². The van der Waals surface area contributed by atoms with Gasteiger partial charge < -0.3 is 24.2 Å². The van der Waals surface area contributed by atoms with Crippen molar-refractivity contribution >= 4 is 33.5 Å². The van der Waals surface area contributed by atoms with Crippen molar-refractivity contribution in [2.45, 2.75) is 13.0 Å². The zero-order valence-corrected chi connectivity index (χ0v) is 15.1. The molecule has 0 radical (unpaired) electrons. The molecule has 0 spiro atoms. The maximum Gasteiger partial charge on any atom is 0.239 e. The number of hydrogen-bond acceptors (Lipinski definition) is 5. The zero-order valence-electron chi connectivity index (χ0n) is 15.1. The van der Waals surface area contributed by atoms with Crippen LogP contribution in [0.3, 0.4) is 0 Å². The molecular weight excluding hydrogens is 344 g/mol. The van der Waals surface area contributed by atoms with Crippen molar-refractivity contribution in [3.63, 3.8) is 0 Å². The molecule has 0 bridgehead atoms. The summed E-state index contributed by atoms with van der Waals surface area (Å²) in [5, 5.41) is 8.02. The molecule has 2 N–H and O–H groups in total. The molecule has 0 saturated carbocycles. The average Bonchev–Trinajstić information content (AvgIpc) is 3.33. The minimum absolute atomic E-state index is 0.104. The maximum absolute atomic E-state index is 12.2. The number of fused-ring (bicyclic) bond motifs is 3. The summed E-state index contributed by atoms with van der Waals surface area (Å²) >= 11 is 0. The molecule has 1 amide bonds. The Morgan fingerprint density at radius 3 is 2.74 bits per heavy atom. The van der Waals surface area contributed by atoms with E-state index in [4.69, 9.17) is 13.6 Å². The Morgan fingerprint density at radius 1 is 1.11 bits per heavy atom. The third-order valence-corrected chi connectivity index (χ3v) is 4.49. The first-order valence-electron chi connectivity index (χ1n) is 8.71. The number of ether oxygens (including phenoxy) is 1. The van der Waals surface area contributed by atoms with Crippen molar-refractivity contribution in [1.82, 2.24) is 5.32 Å². The number of carbonyl (C=O) groups is 1. The van der Waals surface area contributed by atoms with Gasteiger partial charge in [-0.2, -0.15) is 0 Å². The van der Waals surface area contributed by atoms with Crippen molar-refractivity contribution in [3.8, 4) is 5.75 Å². The van der Waals surface area contributed by atoms with Gasteiger partial charge in [0.15, 0.2) is 0 Å². The topological polar surface area (TPSA) is 76.6 Å². The van der Waals surface area contributed by atoms with Crippen LogP contribution in [0.15, 0.2) is 63.6 Å². The largest absolute Gasteiger partial charge is 0.495 e. The fourth-order valence-corrected chi connectivity index (χ4v) is 3.14. The Morgan fingerprint density at radius 2 is 1.96 bits per heavy atom. The smallest absolute Gasteiger partial charge is 0.239 e. The van der Waals surface area contributed by atoms with E-state index < -0.39 is 0 Å². The van der Waals surface area contributed by atoms with E-state index in [2.05, 4.69) is 10.6 Å². The summed E-state index contributed by atoms with van der Waals surface area (Å²) < 4.78 is 16.7. The molecular formula is C21H20N2O4. The second-order valence-electron chi connectivity index (χ2n) is 6.31. The number of carbonyl (C=O) groups excluding carboxylic acids is 1. The van der Waals surface area contributed by atoms with Crippen LogP contribution in [0, 0.1) is 0 Å². The molecule has 2 aromatic carbocycles. The van der Waals surface area contributed by atoms with E-state index in [-0.39, 0.29) is 18.5 Å². The maximum atomic E-state index is 12.2. The van der Waals surface area contributed by atoms with E-state index in [0.717, 1.165) is 21.9 Å². The lowest BCUT2D eigenvalue weighted by Gasteiger charge is -2.14. The Kier molecular flexibility index (Phi) is 4.46. The molecule has 4 aromatic rings. The normalized spacial score (nSPS) is 12.2. The predicted octanol–water partition coefficient (Wildman–Crippen LogP) is 4.48. The van der Waals surface area contributed by atoms with Crippen LogP contribution >= 0.6 is 0 Å². The monoisotopic (exact) mass is 364 g/mol. The highest BCUT2D eigenvalue weighted by atomic mass is 16.5. The number of nitrogens with one attached hydrogen (secondary N) is 2. The minimum atomic E-state index is -0.200. The molecule has 27 heavy (non-hydrogen) atoms. The summed E-state index contributed by atoms with van der Waals surface area (Å²) in [5.74, 6) is 1.22. The van der Waals surface area contributed by atoms with Gasteiger partial charge >= 0.3 is 0 Å². The van der Waals surface area contributed by atoms with Crippen molar-refractivity contribution in [1.29, 1.82) is 0 Å². The first-order valence-corrected chi connectivity index (χ1v) is 8.71. The minimum Gasteiger partial charge on any atom is -0.495 e. The van der Waals surface area contributed by atoms with Gasteiger partial charge in [-0.15, -0.1) is 0 Å². The highest BCUT2D eigenvalue weighted by molar-refractivity contribution is 6.06. The second-order valence-corrected chi connectivity index (χ2v) is 6.31. The number of hydrogen-bond donors (Lipinski definition) is 2. The van der Waals surface area contributed by atoms with Crippen molar-refractivity contribution in [3.05, 3.63) is 60.6 Å². The third kappa shape index (κ3) is 3.33. The van der Waals surface area contributed by atoms with Gasteiger partial charge in [0.1, 0.15) is 22.7 Å². The van der Waals surface area contributed by atoms with Crippen molar-refractivity contribution in [2.24, 2.45) is 0 Å². The molecule has 4 rings (SSSR count). The lowest BCUT2D eigenvalue weighted by atomic mass is 10.1. The highest BCUT2D eigenvalue weighted by Crippen LogP contribution is 2.36. The zero-order chi connectivity index (χ0) is 18.8. The molecule has 2 aromatic heterocycles. The second kappa shape index (κ2) is 7.07. The van der Waals surface area contributed by atoms with Gasteiger partial charge in [0.2, 0.25) is 5.91 Å². The molecule has 138 valence electrons. The van der Waals surface area contributed by atoms with E-state index in [0.29, 0.717) is 17.2 Å². The third-order valence-electron chi connectivity index (χ3n) is 4.49. The molecule has 0 aliphatic heterocycles. The number of rotatable bonds is 6. The number of furan rings is 2.